The van der Waals surface area contributed by atoms with Gasteiger partial charge in [-0.2, -0.15) is 0 Å². The Hall–Kier alpha value is -1.48. The van der Waals surface area contributed by atoms with Crippen LogP contribution in [0.15, 0.2) is 48.2 Å². The van der Waals surface area contributed by atoms with Gasteiger partial charge in [0, 0.05) is 0 Å². The number of rotatable bonds is 2. The summed E-state index contributed by atoms with van der Waals surface area (Å²) in [7, 11) is 0. The van der Waals surface area contributed by atoms with Gasteiger partial charge in [-0.3, -0.25) is 4.79 Å². The Kier molecular flexibility index (Phi) is 3.11. The van der Waals surface area contributed by atoms with E-state index in [1.54, 1.807) is 0 Å². The van der Waals surface area contributed by atoms with Crippen molar-refractivity contribution in [1.82, 2.24) is 0 Å². The lowest BCUT2D eigenvalue weighted by Crippen LogP contribution is -2.16. The molecule has 1 heterocycles. The van der Waals surface area contributed by atoms with Crippen molar-refractivity contribution in [3.05, 3.63) is 53.8 Å². The van der Waals surface area contributed by atoms with Crippen LogP contribution in [-0.4, -0.2) is 15.0 Å². The van der Waals surface area contributed by atoms with Crippen molar-refractivity contribution in [2.45, 2.75) is 18.6 Å². The Morgan fingerprint density at radius 2 is 1.94 bits per heavy atom. The first kappa shape index (κ1) is 12.0. The number of hydrogen-bond acceptors (Lipinski definition) is 3. The van der Waals surface area contributed by atoms with Crippen molar-refractivity contribution in [3.63, 3.8) is 0 Å². The molecule has 1 aromatic carbocycles. The van der Waals surface area contributed by atoms with Gasteiger partial charge >= 0.3 is 0 Å². The van der Waals surface area contributed by atoms with E-state index >= 15 is 0 Å². The van der Waals surface area contributed by atoms with Gasteiger partial charge in [-0.15, -0.1) is 0 Å². The summed E-state index contributed by atoms with van der Waals surface area (Å²) in [4.78, 5) is 12.0. The Labute approximate surface area is 105 Å². The molecule has 0 radical (unpaired) electrons. The second kappa shape index (κ2) is 4.41. The summed E-state index contributed by atoms with van der Waals surface area (Å²) < 4.78 is -0.628. The second-order valence-electron chi connectivity index (χ2n) is 4.09. The predicted molar refractivity (Wildman–Crippen MR) is 71.8 cm³/mol. The third-order valence-corrected chi connectivity index (χ3v) is 3.91. The van der Waals surface area contributed by atoms with Crippen LogP contribution in [0.1, 0.15) is 19.4 Å². The van der Waals surface area contributed by atoms with E-state index in [-0.39, 0.29) is 10.9 Å². The number of benzene rings is 1. The fourth-order valence-corrected chi connectivity index (χ4v) is 3.03. The molecule has 1 N–H and O–H groups in total. The monoisotopic (exact) mass is 246 g/mol. The Balaban J connectivity index is 2.53. The number of thioether (sulfide) groups is 1. The van der Waals surface area contributed by atoms with Gasteiger partial charge in [0.2, 0.25) is 5.12 Å². The molecule has 1 aliphatic heterocycles. The molecule has 0 unspecified atom stereocenters. The maximum Gasteiger partial charge on any atom is 0.224 e. The summed E-state index contributed by atoms with van der Waals surface area (Å²) >= 11 is 1.15. The van der Waals surface area contributed by atoms with Crippen LogP contribution in [0.25, 0.3) is 5.57 Å². The third-order valence-electron chi connectivity index (χ3n) is 2.76. The molecule has 0 amide bonds. The highest BCUT2D eigenvalue weighted by Crippen LogP contribution is 2.46. The predicted octanol–water partition coefficient (Wildman–Crippen LogP) is 3.56. The third kappa shape index (κ3) is 2.03. The lowest BCUT2D eigenvalue weighted by Gasteiger charge is -2.16. The van der Waals surface area contributed by atoms with Gasteiger partial charge in [0.15, 0.2) is 0 Å². The minimum Gasteiger partial charge on any atom is -0.510 e. The van der Waals surface area contributed by atoms with Gasteiger partial charge < -0.3 is 5.11 Å². The van der Waals surface area contributed by atoms with Crippen molar-refractivity contribution in [2.24, 2.45) is 0 Å². The van der Waals surface area contributed by atoms with Crippen LogP contribution in [0.3, 0.4) is 0 Å². The molecule has 2 rings (SSSR count). The normalized spacial score (nSPS) is 24.9. The van der Waals surface area contributed by atoms with E-state index < -0.39 is 4.75 Å². The average molecular weight is 246 g/mol. The number of aliphatic hydroxyl groups is 1. The molecule has 0 fully saturated rings. The van der Waals surface area contributed by atoms with Crippen LogP contribution >= 0.6 is 11.8 Å². The maximum atomic E-state index is 12.0. The average Bonchev–Trinajstić information content (AvgIpc) is 2.51. The largest absolute Gasteiger partial charge is 0.510 e. The quantitative estimate of drug-likeness (QED) is 0.811. The number of hydrogen-bond donors (Lipinski definition) is 1. The molecule has 3 heteroatoms. The molecule has 0 saturated heterocycles. The van der Waals surface area contributed by atoms with Crippen molar-refractivity contribution in [3.8, 4) is 0 Å². The highest BCUT2D eigenvalue weighted by Gasteiger charge is 2.41. The SMILES string of the molecule is C/C=C/[C@]1(C)SC(=O)C(c2ccccc2)=C1O. The van der Waals surface area contributed by atoms with Crippen LogP contribution in [0.4, 0.5) is 0 Å². The molecule has 1 atom stereocenters. The molecule has 1 aliphatic rings. The highest BCUT2D eigenvalue weighted by molar-refractivity contribution is 8.16. The van der Waals surface area contributed by atoms with Gasteiger partial charge in [-0.05, 0) is 19.4 Å². The Morgan fingerprint density at radius 1 is 1.29 bits per heavy atom. The van der Waals surface area contributed by atoms with E-state index in [9.17, 15) is 9.90 Å². The van der Waals surface area contributed by atoms with Crippen molar-refractivity contribution >= 4 is 22.5 Å². The van der Waals surface area contributed by atoms with E-state index in [0.717, 1.165) is 17.3 Å². The molecule has 0 spiro atoms. The van der Waals surface area contributed by atoms with Gasteiger partial charge in [0.25, 0.3) is 0 Å². The zero-order valence-corrected chi connectivity index (χ0v) is 10.6. The lowest BCUT2D eigenvalue weighted by atomic mass is 9.99. The van der Waals surface area contributed by atoms with Gasteiger partial charge in [0.1, 0.15) is 5.76 Å². The summed E-state index contributed by atoms with van der Waals surface area (Å²) in [6.07, 6.45) is 3.70. The van der Waals surface area contributed by atoms with Gasteiger partial charge in [0.05, 0.1) is 10.3 Å². The maximum absolute atomic E-state index is 12.0. The van der Waals surface area contributed by atoms with E-state index in [0.29, 0.717) is 5.57 Å². The summed E-state index contributed by atoms with van der Waals surface area (Å²) in [6, 6.07) is 9.29. The van der Waals surface area contributed by atoms with E-state index in [2.05, 4.69) is 0 Å². The topological polar surface area (TPSA) is 37.3 Å². The Bertz CT molecular complexity index is 502. The molecule has 0 aromatic heterocycles. The second-order valence-corrected chi connectivity index (χ2v) is 5.51. The standard InChI is InChI=1S/C14H14O2S/c1-3-9-14(2)12(15)11(13(16)17-14)10-7-5-4-6-8-10/h3-9,15H,1-2H3/b9-3+/t14-/m0/s1. The fraction of sp³-hybridized carbons (Fsp3) is 0.214. The van der Waals surface area contributed by atoms with Crippen LogP contribution in [-0.2, 0) is 4.79 Å². The van der Waals surface area contributed by atoms with Crippen LogP contribution < -0.4 is 0 Å². The van der Waals surface area contributed by atoms with Gasteiger partial charge in [-0.25, -0.2) is 0 Å². The first-order chi connectivity index (χ1) is 8.08. The highest BCUT2D eigenvalue weighted by atomic mass is 32.2. The van der Waals surface area contributed by atoms with Crippen molar-refractivity contribution in [1.29, 1.82) is 0 Å². The minimum atomic E-state index is -0.628. The van der Waals surface area contributed by atoms with E-state index in [1.165, 1.54) is 0 Å². The lowest BCUT2D eigenvalue weighted by molar-refractivity contribution is -0.106. The van der Waals surface area contributed by atoms with E-state index in [1.807, 2.05) is 56.3 Å². The van der Waals surface area contributed by atoms with Crippen LogP contribution in [0, 0.1) is 0 Å². The van der Waals surface area contributed by atoms with Gasteiger partial charge in [-0.1, -0.05) is 54.2 Å². The molecular weight excluding hydrogens is 232 g/mol. The zero-order chi connectivity index (χ0) is 12.5. The summed E-state index contributed by atoms with van der Waals surface area (Å²) in [6.45, 7) is 3.73. The molecule has 17 heavy (non-hydrogen) atoms. The first-order valence-corrected chi connectivity index (χ1v) is 6.26. The molecule has 0 saturated carbocycles. The number of carbonyl (C=O) groups excluding carboxylic acids is 1. The molecule has 2 nitrogen and oxygen atoms in total. The van der Waals surface area contributed by atoms with Crippen LogP contribution in [0.5, 0.6) is 0 Å². The van der Waals surface area contributed by atoms with E-state index in [4.69, 9.17) is 0 Å². The minimum absolute atomic E-state index is 0.0747. The summed E-state index contributed by atoms with van der Waals surface area (Å²) in [5.74, 6) is 0.150. The van der Waals surface area contributed by atoms with Crippen LogP contribution in [0.2, 0.25) is 0 Å². The molecule has 0 bridgehead atoms. The van der Waals surface area contributed by atoms with Crippen molar-refractivity contribution < 1.29 is 9.90 Å². The fourth-order valence-electron chi connectivity index (χ4n) is 1.93. The smallest absolute Gasteiger partial charge is 0.224 e. The Morgan fingerprint density at radius 3 is 2.53 bits per heavy atom. The zero-order valence-electron chi connectivity index (χ0n) is 9.81. The van der Waals surface area contributed by atoms with Crippen molar-refractivity contribution in [2.75, 3.05) is 0 Å². The number of aliphatic hydroxyl groups excluding tert-OH is 1. The number of carbonyl (C=O) groups is 1. The molecule has 88 valence electrons. The molecule has 1 aromatic rings. The number of allylic oxidation sites excluding steroid dienone is 1. The molecule has 0 aliphatic carbocycles. The first-order valence-electron chi connectivity index (χ1n) is 5.45. The summed E-state index contributed by atoms with van der Waals surface area (Å²) in [5, 5.41) is 10.2. The molecular formula is C14H14O2S. The summed E-state index contributed by atoms with van der Waals surface area (Å²) in [5.41, 5.74) is 1.20.